The Labute approximate surface area is 185 Å². The average molecular weight is 498 g/mol. The third-order valence-electron chi connectivity index (χ3n) is 4.39. The lowest BCUT2D eigenvalue weighted by atomic mass is 10.1. The number of anilines is 1. The molecule has 0 saturated heterocycles. The van der Waals surface area contributed by atoms with E-state index in [4.69, 9.17) is 21.1 Å². The van der Waals surface area contributed by atoms with Gasteiger partial charge in [0.2, 0.25) is 0 Å². The molecule has 0 radical (unpaired) electrons. The van der Waals surface area contributed by atoms with Crippen LogP contribution in [0.3, 0.4) is 0 Å². The zero-order valence-corrected chi connectivity index (χ0v) is 18.6. The molecule has 0 aliphatic heterocycles. The summed E-state index contributed by atoms with van der Waals surface area (Å²) in [6, 6.07) is 7.10. The Morgan fingerprint density at radius 2 is 2.03 bits per heavy atom. The Morgan fingerprint density at radius 3 is 2.79 bits per heavy atom. The zero-order valence-electron chi connectivity index (χ0n) is 15.4. The van der Waals surface area contributed by atoms with Crippen LogP contribution in [-0.4, -0.2) is 25.1 Å². The van der Waals surface area contributed by atoms with Crippen LogP contribution in [-0.2, 0) is 27.2 Å². The van der Waals surface area contributed by atoms with Crippen LogP contribution in [0.5, 0.6) is 5.75 Å². The molecule has 0 spiro atoms. The van der Waals surface area contributed by atoms with Crippen LogP contribution in [0.15, 0.2) is 22.7 Å². The molecule has 6 nitrogen and oxygen atoms in total. The highest BCUT2D eigenvalue weighted by Crippen LogP contribution is 2.37. The minimum absolute atomic E-state index is 0.343. The number of fused-ring (bicyclic) bond motifs is 1. The van der Waals surface area contributed by atoms with E-state index in [0.29, 0.717) is 25.8 Å². The summed E-state index contributed by atoms with van der Waals surface area (Å²) in [5.74, 6) is -0.724. The van der Waals surface area contributed by atoms with Crippen molar-refractivity contribution in [1.29, 1.82) is 5.26 Å². The van der Waals surface area contributed by atoms with Gasteiger partial charge in [0.15, 0.2) is 13.2 Å². The van der Waals surface area contributed by atoms with Crippen LogP contribution in [0.2, 0.25) is 5.02 Å². The maximum atomic E-state index is 12.2. The van der Waals surface area contributed by atoms with Gasteiger partial charge in [-0.15, -0.1) is 11.3 Å². The van der Waals surface area contributed by atoms with Gasteiger partial charge in [0.05, 0.1) is 10.0 Å². The van der Waals surface area contributed by atoms with Crippen molar-refractivity contribution in [3.8, 4) is 11.8 Å². The molecule has 0 atom stereocenters. The molecule has 1 aliphatic carbocycles. The minimum atomic E-state index is -0.676. The van der Waals surface area contributed by atoms with Gasteiger partial charge in [-0.1, -0.05) is 18.0 Å². The van der Waals surface area contributed by atoms with Gasteiger partial charge in [0.25, 0.3) is 5.91 Å². The van der Waals surface area contributed by atoms with E-state index in [1.165, 1.54) is 11.3 Å². The molecule has 0 bridgehead atoms. The number of halogens is 2. The van der Waals surface area contributed by atoms with E-state index in [0.717, 1.165) is 42.5 Å². The fourth-order valence-electron chi connectivity index (χ4n) is 3.03. The van der Waals surface area contributed by atoms with E-state index < -0.39 is 18.5 Å². The summed E-state index contributed by atoms with van der Waals surface area (Å²) < 4.78 is 10.9. The highest BCUT2D eigenvalue weighted by atomic mass is 79.9. The quantitative estimate of drug-likeness (QED) is 0.454. The first-order valence-electron chi connectivity index (χ1n) is 9.06. The Bertz CT molecular complexity index is 970. The van der Waals surface area contributed by atoms with Crippen LogP contribution in [0.1, 0.15) is 35.3 Å². The largest absolute Gasteiger partial charge is 0.481 e. The highest BCUT2D eigenvalue weighted by Gasteiger charge is 2.21. The van der Waals surface area contributed by atoms with Crippen molar-refractivity contribution in [2.45, 2.75) is 32.1 Å². The first kappa shape index (κ1) is 21.6. The monoisotopic (exact) mass is 496 g/mol. The van der Waals surface area contributed by atoms with Gasteiger partial charge < -0.3 is 14.8 Å². The molecule has 0 unspecified atom stereocenters. The number of thiophene rings is 1. The number of nitrogens with one attached hydrogen (secondary N) is 1. The number of esters is 1. The van der Waals surface area contributed by atoms with Gasteiger partial charge in [-0.3, -0.25) is 4.79 Å². The van der Waals surface area contributed by atoms with Crippen LogP contribution in [0.25, 0.3) is 0 Å². The fourth-order valence-corrected chi connectivity index (χ4v) is 5.08. The maximum Gasteiger partial charge on any atom is 0.344 e. The number of ether oxygens (including phenoxy) is 2. The van der Waals surface area contributed by atoms with Crippen molar-refractivity contribution >= 4 is 55.7 Å². The maximum absolute atomic E-state index is 12.2. The fraction of sp³-hybridized carbons (Fsp3) is 0.350. The number of carbonyl (C=O) groups is 2. The number of nitrogens with zero attached hydrogens (tertiary/aromatic N) is 1. The molecule has 1 heterocycles. The average Bonchev–Trinajstić information content (AvgIpc) is 2.84. The molecular weight excluding hydrogens is 480 g/mol. The minimum Gasteiger partial charge on any atom is -0.481 e. The number of carbonyl (C=O) groups excluding carboxylic acids is 2. The molecule has 0 fully saturated rings. The number of rotatable bonds is 6. The first-order chi connectivity index (χ1) is 14.0. The molecule has 1 aromatic carbocycles. The number of nitriles is 1. The summed E-state index contributed by atoms with van der Waals surface area (Å²) in [6.07, 6.45) is 5.08. The van der Waals surface area contributed by atoms with Gasteiger partial charge in [-0.05, 0) is 65.4 Å². The van der Waals surface area contributed by atoms with E-state index in [9.17, 15) is 14.9 Å². The van der Waals surface area contributed by atoms with Gasteiger partial charge in [0, 0.05) is 9.90 Å². The Balaban J connectivity index is 1.51. The summed E-state index contributed by atoms with van der Waals surface area (Å²) in [7, 11) is 0. The number of aryl methyl sites for hydroxylation is 1. The Hall–Kier alpha value is -2.08. The van der Waals surface area contributed by atoms with E-state index in [1.54, 1.807) is 18.2 Å². The van der Waals surface area contributed by atoms with Crippen LogP contribution in [0.4, 0.5) is 5.00 Å². The van der Waals surface area contributed by atoms with Crippen molar-refractivity contribution < 1.29 is 19.1 Å². The zero-order chi connectivity index (χ0) is 20.8. The van der Waals surface area contributed by atoms with Crippen LogP contribution in [0, 0.1) is 11.3 Å². The molecule has 3 rings (SSSR count). The lowest BCUT2D eigenvalue weighted by molar-refractivity contribution is -0.149. The predicted molar refractivity (Wildman–Crippen MR) is 115 cm³/mol. The number of hydrogen-bond acceptors (Lipinski definition) is 6. The summed E-state index contributed by atoms with van der Waals surface area (Å²) in [5, 5.41) is 13.3. The Kier molecular flexibility index (Phi) is 7.53. The molecule has 1 aliphatic rings. The SMILES string of the molecule is N#Cc1c(NC(=O)COC(=O)COc2ccc(Cl)cc2Br)sc2c1CCCCC2. The van der Waals surface area contributed by atoms with E-state index in [1.807, 2.05) is 0 Å². The first-order valence-corrected chi connectivity index (χ1v) is 11.0. The highest BCUT2D eigenvalue weighted by molar-refractivity contribution is 9.10. The topological polar surface area (TPSA) is 88.4 Å². The molecule has 1 N–H and O–H groups in total. The number of hydrogen-bond donors (Lipinski definition) is 1. The van der Waals surface area contributed by atoms with Crippen LogP contribution < -0.4 is 10.1 Å². The molecule has 1 aromatic heterocycles. The third kappa shape index (κ3) is 5.72. The normalized spacial score (nSPS) is 13.0. The second-order valence-corrected chi connectivity index (χ2v) is 8.85. The number of amides is 1. The summed E-state index contributed by atoms with van der Waals surface area (Å²) >= 11 is 10.6. The molecular formula is C20H18BrClN2O4S. The van der Waals surface area contributed by atoms with E-state index in [2.05, 4.69) is 27.3 Å². The van der Waals surface area contributed by atoms with E-state index >= 15 is 0 Å². The summed E-state index contributed by atoms with van der Waals surface area (Å²) in [4.78, 5) is 25.2. The number of benzene rings is 1. The van der Waals surface area contributed by atoms with Gasteiger partial charge >= 0.3 is 5.97 Å². The third-order valence-corrected chi connectivity index (χ3v) is 6.45. The Morgan fingerprint density at radius 1 is 1.24 bits per heavy atom. The van der Waals surface area contributed by atoms with Crippen molar-refractivity contribution in [1.82, 2.24) is 0 Å². The van der Waals surface area contributed by atoms with Crippen molar-refractivity contribution in [3.05, 3.63) is 43.7 Å². The lowest BCUT2D eigenvalue weighted by Gasteiger charge is -2.09. The van der Waals surface area contributed by atoms with Crippen LogP contribution >= 0.6 is 38.9 Å². The standard InChI is InChI=1S/C20H18BrClN2O4S/c21-15-8-12(22)6-7-16(15)27-11-19(26)28-10-18(25)24-20-14(9-23)13-4-2-1-3-5-17(13)29-20/h6-8H,1-5,10-11H2,(H,24,25). The van der Waals surface area contributed by atoms with Gasteiger partial charge in [0.1, 0.15) is 16.8 Å². The molecule has 29 heavy (non-hydrogen) atoms. The van der Waals surface area contributed by atoms with E-state index in [-0.39, 0.29) is 6.61 Å². The second-order valence-electron chi connectivity index (χ2n) is 6.45. The summed E-state index contributed by atoms with van der Waals surface area (Å²) in [6.45, 7) is -0.790. The predicted octanol–water partition coefficient (Wildman–Crippen LogP) is 4.87. The second kappa shape index (κ2) is 10.1. The molecule has 1 amide bonds. The van der Waals surface area contributed by atoms with Gasteiger partial charge in [-0.25, -0.2) is 4.79 Å². The summed E-state index contributed by atoms with van der Waals surface area (Å²) in [5.41, 5.74) is 1.58. The smallest absolute Gasteiger partial charge is 0.344 e. The van der Waals surface area contributed by atoms with Crippen molar-refractivity contribution in [3.63, 3.8) is 0 Å². The lowest BCUT2D eigenvalue weighted by Crippen LogP contribution is -2.23. The van der Waals surface area contributed by atoms with Crippen molar-refractivity contribution in [2.24, 2.45) is 0 Å². The molecule has 2 aromatic rings. The molecule has 152 valence electrons. The van der Waals surface area contributed by atoms with Crippen molar-refractivity contribution in [2.75, 3.05) is 18.5 Å². The molecule has 0 saturated carbocycles. The molecule has 9 heteroatoms. The van der Waals surface area contributed by atoms with Gasteiger partial charge in [-0.2, -0.15) is 5.26 Å².